The predicted molar refractivity (Wildman–Crippen MR) is 86.1 cm³/mol. The summed E-state index contributed by atoms with van der Waals surface area (Å²) in [4.78, 5) is 2.99. The summed E-state index contributed by atoms with van der Waals surface area (Å²) >= 11 is 20.6. The molecule has 0 saturated carbocycles. The number of imidazole rings is 1. The molecule has 3 rings (SSSR count). The van der Waals surface area contributed by atoms with E-state index >= 15 is 0 Å². The van der Waals surface area contributed by atoms with Crippen LogP contribution in [0.2, 0.25) is 10.0 Å². The monoisotopic (exact) mass is 390 g/mol. The maximum Gasteiger partial charge on any atom is 0.182 e. The summed E-state index contributed by atoms with van der Waals surface area (Å²) in [5.41, 5.74) is 1.91. The largest absolute Gasteiger partial charge is 0.330 e. The van der Waals surface area contributed by atoms with Gasteiger partial charge < -0.3 is 4.98 Å². The minimum atomic E-state index is -0.504. The van der Waals surface area contributed by atoms with Crippen LogP contribution in [0, 0.1) is 10.6 Å². The molecule has 0 radical (unpaired) electrons. The van der Waals surface area contributed by atoms with Gasteiger partial charge in [-0.3, -0.25) is 4.57 Å². The van der Waals surface area contributed by atoms with E-state index in [0.717, 1.165) is 4.47 Å². The van der Waals surface area contributed by atoms with Crippen molar-refractivity contribution in [3.63, 3.8) is 0 Å². The SMILES string of the molecule is Fc1cc2c(cc1Cl)[nH]c(=S)n2-c1ccc(Br)cc1Cl. The molecule has 0 aliphatic rings. The minimum Gasteiger partial charge on any atom is -0.330 e. The molecule has 3 aromatic rings. The van der Waals surface area contributed by atoms with Crippen LogP contribution in [0.25, 0.3) is 16.7 Å². The van der Waals surface area contributed by atoms with Gasteiger partial charge in [0.25, 0.3) is 0 Å². The Balaban J connectivity index is 2.39. The van der Waals surface area contributed by atoms with E-state index in [1.807, 2.05) is 12.1 Å². The first-order valence-electron chi connectivity index (χ1n) is 5.52. The Hall–Kier alpha value is -0.880. The molecule has 0 bridgehead atoms. The Kier molecular flexibility index (Phi) is 3.62. The van der Waals surface area contributed by atoms with E-state index in [4.69, 9.17) is 35.4 Å². The zero-order valence-electron chi connectivity index (χ0n) is 9.75. The van der Waals surface area contributed by atoms with Crippen molar-refractivity contribution in [2.24, 2.45) is 0 Å². The average molecular weight is 392 g/mol. The number of nitrogens with zero attached hydrogens (tertiary/aromatic N) is 1. The Morgan fingerprint density at radius 2 is 1.90 bits per heavy atom. The van der Waals surface area contributed by atoms with E-state index in [9.17, 15) is 4.39 Å². The standard InChI is InChI=1S/C13H6BrCl2FN2S/c14-6-1-2-11(8(16)3-6)19-12-5-9(17)7(15)4-10(12)18-13(19)20/h1-5H,(H,18,20). The van der Waals surface area contributed by atoms with Crippen LogP contribution < -0.4 is 0 Å². The second-order valence-corrected chi connectivity index (χ2v) is 6.26. The molecule has 1 heterocycles. The van der Waals surface area contributed by atoms with Crippen molar-refractivity contribution in [2.75, 3.05) is 0 Å². The first-order chi connectivity index (χ1) is 9.47. The number of rotatable bonds is 1. The maximum absolute atomic E-state index is 13.7. The van der Waals surface area contributed by atoms with E-state index in [2.05, 4.69) is 20.9 Å². The summed E-state index contributed by atoms with van der Waals surface area (Å²) in [5, 5.41) is 0.550. The van der Waals surface area contributed by atoms with Crippen LogP contribution in [-0.4, -0.2) is 9.55 Å². The fourth-order valence-electron chi connectivity index (χ4n) is 2.00. The number of H-pyrrole nitrogens is 1. The van der Waals surface area contributed by atoms with E-state index < -0.39 is 5.82 Å². The number of aromatic amines is 1. The highest BCUT2D eigenvalue weighted by molar-refractivity contribution is 9.10. The number of halogens is 4. The van der Waals surface area contributed by atoms with Crippen LogP contribution in [0.1, 0.15) is 0 Å². The van der Waals surface area contributed by atoms with Gasteiger partial charge in [-0.25, -0.2) is 4.39 Å². The summed E-state index contributed by atoms with van der Waals surface area (Å²) in [5.74, 6) is -0.504. The molecule has 102 valence electrons. The number of nitrogens with one attached hydrogen (secondary N) is 1. The van der Waals surface area contributed by atoms with Crippen LogP contribution in [0.3, 0.4) is 0 Å². The Bertz CT molecular complexity index is 888. The van der Waals surface area contributed by atoms with Gasteiger partial charge in [0.1, 0.15) is 5.82 Å². The Morgan fingerprint density at radius 1 is 1.15 bits per heavy atom. The lowest BCUT2D eigenvalue weighted by atomic mass is 10.2. The molecule has 20 heavy (non-hydrogen) atoms. The van der Waals surface area contributed by atoms with Gasteiger partial charge >= 0.3 is 0 Å². The molecule has 0 fully saturated rings. The highest BCUT2D eigenvalue weighted by atomic mass is 79.9. The zero-order valence-corrected chi connectivity index (χ0v) is 13.7. The van der Waals surface area contributed by atoms with Crippen molar-refractivity contribution in [1.29, 1.82) is 0 Å². The average Bonchev–Trinajstić information content (AvgIpc) is 2.66. The summed E-state index contributed by atoms with van der Waals surface area (Å²) < 4.78 is 16.6. The molecule has 1 aromatic heterocycles. The summed E-state index contributed by atoms with van der Waals surface area (Å²) in [6.07, 6.45) is 0. The van der Waals surface area contributed by atoms with Gasteiger partial charge in [-0.15, -0.1) is 0 Å². The maximum atomic E-state index is 13.7. The second kappa shape index (κ2) is 5.15. The molecule has 2 nitrogen and oxygen atoms in total. The van der Waals surface area contributed by atoms with Crippen molar-refractivity contribution >= 4 is 62.4 Å². The van der Waals surface area contributed by atoms with Gasteiger partial charge in [-0.2, -0.15) is 0 Å². The predicted octanol–water partition coefficient (Wildman–Crippen LogP) is 5.90. The van der Waals surface area contributed by atoms with Gasteiger partial charge in [-0.1, -0.05) is 39.1 Å². The topological polar surface area (TPSA) is 20.7 Å². The molecule has 7 heteroatoms. The van der Waals surface area contributed by atoms with Gasteiger partial charge in [-0.05, 0) is 36.5 Å². The second-order valence-electron chi connectivity index (χ2n) is 4.14. The van der Waals surface area contributed by atoms with E-state index in [1.165, 1.54) is 12.1 Å². The highest BCUT2D eigenvalue weighted by Gasteiger charge is 2.12. The molecule has 2 aromatic carbocycles. The zero-order chi connectivity index (χ0) is 14.4. The van der Waals surface area contributed by atoms with Crippen LogP contribution in [0.4, 0.5) is 4.39 Å². The lowest BCUT2D eigenvalue weighted by molar-refractivity contribution is 0.629. The fourth-order valence-corrected chi connectivity index (χ4v) is 3.23. The number of hydrogen-bond donors (Lipinski definition) is 1. The molecular weight excluding hydrogens is 386 g/mol. The fraction of sp³-hybridized carbons (Fsp3) is 0. The van der Waals surface area contributed by atoms with Gasteiger partial charge in [0.2, 0.25) is 0 Å². The lowest BCUT2D eigenvalue weighted by Gasteiger charge is -2.07. The molecule has 0 aliphatic carbocycles. The molecule has 0 atom stereocenters. The van der Waals surface area contributed by atoms with Crippen molar-refractivity contribution in [1.82, 2.24) is 9.55 Å². The molecule has 0 unspecified atom stereocenters. The Morgan fingerprint density at radius 3 is 2.60 bits per heavy atom. The molecule has 0 saturated heterocycles. The number of aromatic nitrogens is 2. The number of benzene rings is 2. The van der Waals surface area contributed by atoms with Crippen molar-refractivity contribution < 1.29 is 4.39 Å². The van der Waals surface area contributed by atoms with Crippen LogP contribution in [0.5, 0.6) is 0 Å². The third-order valence-electron chi connectivity index (χ3n) is 2.87. The minimum absolute atomic E-state index is 0.0443. The van der Waals surface area contributed by atoms with Crippen LogP contribution in [-0.2, 0) is 0 Å². The van der Waals surface area contributed by atoms with E-state index in [0.29, 0.717) is 26.5 Å². The third kappa shape index (κ3) is 2.29. The smallest absolute Gasteiger partial charge is 0.182 e. The Labute approximate surface area is 137 Å². The molecule has 1 N–H and O–H groups in total. The molecule has 0 aliphatic heterocycles. The van der Waals surface area contributed by atoms with E-state index in [1.54, 1.807) is 10.6 Å². The quantitative estimate of drug-likeness (QED) is 0.512. The van der Waals surface area contributed by atoms with E-state index in [-0.39, 0.29) is 5.02 Å². The highest BCUT2D eigenvalue weighted by Crippen LogP contribution is 2.30. The van der Waals surface area contributed by atoms with Gasteiger partial charge in [0.05, 0.1) is 26.8 Å². The first kappa shape index (κ1) is 14.1. The lowest BCUT2D eigenvalue weighted by Crippen LogP contribution is -1.95. The normalized spacial score (nSPS) is 11.2. The third-order valence-corrected chi connectivity index (χ3v) is 4.25. The van der Waals surface area contributed by atoms with Crippen molar-refractivity contribution in [3.05, 3.63) is 55.4 Å². The molecule has 0 amide bonds. The van der Waals surface area contributed by atoms with Crippen molar-refractivity contribution in [3.8, 4) is 5.69 Å². The summed E-state index contributed by atoms with van der Waals surface area (Å²) in [7, 11) is 0. The number of fused-ring (bicyclic) bond motifs is 1. The van der Waals surface area contributed by atoms with Gasteiger partial charge in [0.15, 0.2) is 4.77 Å². The number of hydrogen-bond acceptors (Lipinski definition) is 1. The van der Waals surface area contributed by atoms with Crippen LogP contribution in [0.15, 0.2) is 34.8 Å². The molecular formula is C13H6BrCl2FN2S. The summed E-state index contributed by atoms with van der Waals surface area (Å²) in [6, 6.07) is 8.24. The van der Waals surface area contributed by atoms with Crippen LogP contribution >= 0.6 is 51.3 Å². The molecule has 0 spiro atoms. The first-order valence-corrected chi connectivity index (χ1v) is 7.48. The van der Waals surface area contributed by atoms with Crippen molar-refractivity contribution in [2.45, 2.75) is 0 Å². The summed E-state index contributed by atoms with van der Waals surface area (Å²) in [6.45, 7) is 0. The van der Waals surface area contributed by atoms with Gasteiger partial charge in [0, 0.05) is 10.5 Å².